The Balaban J connectivity index is 1.37. The molecule has 0 saturated carbocycles. The Labute approximate surface area is 159 Å². The summed E-state index contributed by atoms with van der Waals surface area (Å²) in [6.07, 6.45) is 6.88. The predicted molar refractivity (Wildman–Crippen MR) is 98.4 cm³/mol. The number of piperidine rings is 1. The zero-order chi connectivity index (χ0) is 18.7. The molecule has 1 amide bonds. The van der Waals surface area contributed by atoms with Gasteiger partial charge in [-0.05, 0) is 31.4 Å². The van der Waals surface area contributed by atoms with Gasteiger partial charge in [-0.1, -0.05) is 12.1 Å². The lowest BCUT2D eigenvalue weighted by Gasteiger charge is -2.49. The Kier molecular flexibility index (Phi) is 5.31. The van der Waals surface area contributed by atoms with Crippen LogP contribution in [0.3, 0.4) is 0 Å². The second kappa shape index (κ2) is 7.86. The largest absolute Gasteiger partial charge is 0.469 e. The molecule has 1 unspecified atom stereocenters. The van der Waals surface area contributed by atoms with E-state index < -0.39 is 0 Å². The van der Waals surface area contributed by atoms with Crippen LogP contribution in [0.4, 0.5) is 0 Å². The maximum atomic E-state index is 12.5. The Morgan fingerprint density at radius 3 is 2.78 bits per heavy atom. The first-order valence-corrected chi connectivity index (χ1v) is 9.79. The van der Waals surface area contributed by atoms with Crippen molar-refractivity contribution in [1.82, 2.24) is 15.0 Å². The van der Waals surface area contributed by atoms with E-state index in [1.165, 1.54) is 6.26 Å². The summed E-state index contributed by atoms with van der Waals surface area (Å²) < 4.78 is 16.6. The van der Waals surface area contributed by atoms with E-state index in [4.69, 9.17) is 13.7 Å². The average Bonchev–Trinajstić information content (AvgIpc) is 3.40. The van der Waals surface area contributed by atoms with Gasteiger partial charge in [0.25, 0.3) is 5.91 Å². The number of furan rings is 1. The zero-order valence-corrected chi connectivity index (χ0v) is 15.8. The molecule has 1 spiro atoms. The summed E-state index contributed by atoms with van der Waals surface area (Å²) in [5.41, 5.74) is 0.219. The standard InChI is InChI=1S/C20H27N3O4/c1-2-16(14-17-4-3-11-25-17)23-10-13-26-20(15-23)6-8-22(9-7-20)19(24)18-5-12-27-21-18/h3-5,11-12,16H,2,6-10,13-15H2,1H3. The highest BCUT2D eigenvalue weighted by molar-refractivity contribution is 5.92. The Bertz CT molecular complexity index is 721. The van der Waals surface area contributed by atoms with Crippen LogP contribution >= 0.6 is 0 Å². The molecule has 1 atom stereocenters. The van der Waals surface area contributed by atoms with Gasteiger partial charge in [-0.3, -0.25) is 9.69 Å². The van der Waals surface area contributed by atoms with Crippen molar-refractivity contribution in [3.63, 3.8) is 0 Å². The summed E-state index contributed by atoms with van der Waals surface area (Å²) in [7, 11) is 0. The average molecular weight is 373 g/mol. The lowest BCUT2D eigenvalue weighted by molar-refractivity contribution is -0.140. The molecule has 146 valence electrons. The molecule has 2 saturated heterocycles. The predicted octanol–water partition coefficient (Wildman–Crippen LogP) is 2.60. The number of amides is 1. The highest BCUT2D eigenvalue weighted by Gasteiger charge is 2.42. The topological polar surface area (TPSA) is 72.0 Å². The van der Waals surface area contributed by atoms with Crippen LogP contribution in [0.2, 0.25) is 0 Å². The van der Waals surface area contributed by atoms with Crippen molar-refractivity contribution >= 4 is 5.91 Å². The summed E-state index contributed by atoms with van der Waals surface area (Å²) in [5, 5.41) is 3.76. The van der Waals surface area contributed by atoms with Crippen molar-refractivity contribution < 1.29 is 18.5 Å². The highest BCUT2D eigenvalue weighted by Crippen LogP contribution is 2.32. The van der Waals surface area contributed by atoms with Crippen LogP contribution in [0.15, 0.2) is 39.7 Å². The fourth-order valence-corrected chi connectivity index (χ4v) is 4.28. The number of likely N-dealkylation sites (tertiary alicyclic amines) is 1. The summed E-state index contributed by atoms with van der Waals surface area (Å²) in [6, 6.07) is 6.07. The van der Waals surface area contributed by atoms with E-state index in [2.05, 4.69) is 17.0 Å². The maximum absolute atomic E-state index is 12.5. The van der Waals surface area contributed by atoms with E-state index >= 15 is 0 Å². The first-order chi connectivity index (χ1) is 13.2. The minimum Gasteiger partial charge on any atom is -0.469 e. The molecule has 2 aliphatic rings. The van der Waals surface area contributed by atoms with Gasteiger partial charge >= 0.3 is 0 Å². The number of carbonyl (C=O) groups excluding carboxylic acids is 1. The molecule has 7 heteroatoms. The van der Waals surface area contributed by atoms with Crippen molar-refractivity contribution in [2.24, 2.45) is 0 Å². The van der Waals surface area contributed by atoms with Crippen LogP contribution in [0, 0.1) is 0 Å². The number of hydrogen-bond acceptors (Lipinski definition) is 6. The van der Waals surface area contributed by atoms with E-state index in [-0.39, 0.29) is 11.5 Å². The highest BCUT2D eigenvalue weighted by atomic mass is 16.5. The molecule has 2 aliphatic heterocycles. The molecule has 2 fully saturated rings. The van der Waals surface area contributed by atoms with Crippen LogP contribution in [-0.2, 0) is 11.2 Å². The van der Waals surface area contributed by atoms with Crippen LogP contribution in [0.25, 0.3) is 0 Å². The second-order valence-corrected chi connectivity index (χ2v) is 7.52. The molecular weight excluding hydrogens is 346 g/mol. The van der Waals surface area contributed by atoms with Crippen LogP contribution < -0.4 is 0 Å². The van der Waals surface area contributed by atoms with Gasteiger partial charge in [0.15, 0.2) is 5.69 Å². The van der Waals surface area contributed by atoms with E-state index in [0.717, 1.165) is 51.1 Å². The van der Waals surface area contributed by atoms with E-state index in [1.54, 1.807) is 12.3 Å². The van der Waals surface area contributed by atoms with Crippen molar-refractivity contribution in [1.29, 1.82) is 0 Å². The number of rotatable bonds is 5. The van der Waals surface area contributed by atoms with Crippen LogP contribution in [-0.4, -0.2) is 65.3 Å². The first-order valence-electron chi connectivity index (χ1n) is 9.79. The molecule has 0 radical (unpaired) electrons. The number of aromatic nitrogens is 1. The van der Waals surface area contributed by atoms with E-state index in [0.29, 0.717) is 24.8 Å². The minimum atomic E-state index is -0.157. The number of morpholine rings is 1. The molecule has 4 heterocycles. The number of carbonyl (C=O) groups is 1. The van der Waals surface area contributed by atoms with Gasteiger partial charge in [0.1, 0.15) is 12.0 Å². The Hall–Kier alpha value is -2.12. The first kappa shape index (κ1) is 18.3. The third kappa shape index (κ3) is 3.94. The lowest BCUT2D eigenvalue weighted by atomic mass is 9.88. The fraction of sp³-hybridized carbons (Fsp3) is 0.600. The summed E-state index contributed by atoms with van der Waals surface area (Å²) in [4.78, 5) is 16.9. The Morgan fingerprint density at radius 2 is 2.11 bits per heavy atom. The molecule has 2 aromatic heterocycles. The Morgan fingerprint density at radius 1 is 1.26 bits per heavy atom. The molecular formula is C20H27N3O4. The van der Waals surface area contributed by atoms with Gasteiger partial charge in [-0.25, -0.2) is 0 Å². The van der Waals surface area contributed by atoms with Crippen molar-refractivity contribution in [2.45, 2.75) is 44.2 Å². The summed E-state index contributed by atoms with van der Waals surface area (Å²) >= 11 is 0. The van der Waals surface area contributed by atoms with Crippen LogP contribution in [0.1, 0.15) is 42.4 Å². The van der Waals surface area contributed by atoms with Crippen LogP contribution in [0.5, 0.6) is 0 Å². The van der Waals surface area contributed by atoms with E-state index in [1.807, 2.05) is 17.0 Å². The quantitative estimate of drug-likeness (QED) is 0.802. The monoisotopic (exact) mass is 373 g/mol. The van der Waals surface area contributed by atoms with Gasteiger partial charge in [0.2, 0.25) is 0 Å². The summed E-state index contributed by atoms with van der Waals surface area (Å²) in [5.74, 6) is 0.978. The molecule has 0 aromatic carbocycles. The van der Waals surface area contributed by atoms with Gasteiger partial charge in [-0.2, -0.15) is 0 Å². The van der Waals surface area contributed by atoms with Crippen molar-refractivity contribution in [3.05, 3.63) is 42.2 Å². The molecule has 0 N–H and O–H groups in total. The van der Waals surface area contributed by atoms with Crippen molar-refractivity contribution in [3.8, 4) is 0 Å². The van der Waals surface area contributed by atoms with Gasteiger partial charge in [-0.15, -0.1) is 0 Å². The molecule has 0 aliphatic carbocycles. The van der Waals surface area contributed by atoms with Gasteiger partial charge in [0.05, 0.1) is 18.5 Å². The number of nitrogens with zero attached hydrogens (tertiary/aromatic N) is 3. The SMILES string of the molecule is CCC(Cc1ccco1)N1CCOC2(CCN(C(=O)c3ccon3)CC2)C1. The third-order valence-electron chi connectivity index (χ3n) is 5.90. The van der Waals surface area contributed by atoms with Crippen molar-refractivity contribution in [2.75, 3.05) is 32.8 Å². The third-order valence-corrected chi connectivity index (χ3v) is 5.90. The summed E-state index contributed by atoms with van der Waals surface area (Å²) in [6.45, 7) is 6.21. The van der Waals surface area contributed by atoms with E-state index in [9.17, 15) is 4.79 Å². The lowest BCUT2D eigenvalue weighted by Crippen LogP contribution is -2.59. The zero-order valence-electron chi connectivity index (χ0n) is 15.8. The number of hydrogen-bond donors (Lipinski definition) is 0. The normalized spacial score (nSPS) is 21.4. The molecule has 7 nitrogen and oxygen atoms in total. The molecule has 27 heavy (non-hydrogen) atoms. The molecule has 4 rings (SSSR count). The fourth-order valence-electron chi connectivity index (χ4n) is 4.28. The maximum Gasteiger partial charge on any atom is 0.276 e. The molecule has 0 bridgehead atoms. The van der Waals surface area contributed by atoms with Gasteiger partial charge in [0, 0.05) is 44.7 Å². The van der Waals surface area contributed by atoms with Gasteiger partial charge < -0.3 is 18.6 Å². The minimum absolute atomic E-state index is 0.0597. The number of ether oxygens (including phenoxy) is 1. The molecule has 2 aromatic rings. The smallest absolute Gasteiger partial charge is 0.276 e. The second-order valence-electron chi connectivity index (χ2n) is 7.52.